The highest BCUT2D eigenvalue weighted by molar-refractivity contribution is 4.90. The average molecular weight is 269 g/mol. The summed E-state index contributed by atoms with van der Waals surface area (Å²) in [7, 11) is 0. The molecule has 0 bridgehead atoms. The summed E-state index contributed by atoms with van der Waals surface area (Å²) >= 11 is 0. The van der Waals surface area contributed by atoms with E-state index >= 15 is 0 Å². The van der Waals surface area contributed by atoms with Crippen LogP contribution < -0.4 is 5.32 Å². The standard InChI is InChI=1S/C15H27NO3/c1-14(2)11-13(5-8-17-14)16-12-3-6-15(7-4-12)18-9-10-19-15/h12-13,16H,3-11H2,1-2H3. The minimum Gasteiger partial charge on any atom is -0.375 e. The summed E-state index contributed by atoms with van der Waals surface area (Å²) in [6.45, 7) is 6.81. The van der Waals surface area contributed by atoms with Crippen molar-refractivity contribution in [2.24, 2.45) is 0 Å². The van der Waals surface area contributed by atoms with Crippen LogP contribution in [0.3, 0.4) is 0 Å². The minimum atomic E-state index is -0.229. The largest absolute Gasteiger partial charge is 0.375 e. The summed E-state index contributed by atoms with van der Waals surface area (Å²) in [6, 6.07) is 1.23. The molecule has 4 heteroatoms. The quantitative estimate of drug-likeness (QED) is 0.834. The molecule has 3 aliphatic rings. The Labute approximate surface area is 116 Å². The van der Waals surface area contributed by atoms with Gasteiger partial charge in [-0.15, -0.1) is 0 Å². The Hall–Kier alpha value is -0.160. The maximum Gasteiger partial charge on any atom is 0.168 e. The van der Waals surface area contributed by atoms with Crippen LogP contribution in [0.1, 0.15) is 52.4 Å². The third-order valence-corrected chi connectivity index (χ3v) is 4.73. The third kappa shape index (κ3) is 3.30. The first kappa shape index (κ1) is 13.8. The Morgan fingerprint density at radius 1 is 0.842 bits per heavy atom. The molecule has 3 fully saturated rings. The average Bonchev–Trinajstić information content (AvgIpc) is 2.80. The second kappa shape index (κ2) is 5.32. The maximum atomic E-state index is 5.78. The van der Waals surface area contributed by atoms with Crippen LogP contribution in [0.25, 0.3) is 0 Å². The Balaban J connectivity index is 1.47. The van der Waals surface area contributed by atoms with Crippen LogP contribution in [0.15, 0.2) is 0 Å². The smallest absolute Gasteiger partial charge is 0.168 e. The van der Waals surface area contributed by atoms with Crippen molar-refractivity contribution in [2.45, 2.75) is 75.8 Å². The normalized spacial score (nSPS) is 34.7. The number of hydrogen-bond acceptors (Lipinski definition) is 4. The number of ether oxygens (including phenoxy) is 3. The predicted octanol–water partition coefficient (Wildman–Crippen LogP) is 2.22. The van der Waals surface area contributed by atoms with Crippen LogP contribution in [0.5, 0.6) is 0 Å². The topological polar surface area (TPSA) is 39.7 Å². The monoisotopic (exact) mass is 269 g/mol. The van der Waals surface area contributed by atoms with E-state index in [0.717, 1.165) is 58.3 Å². The van der Waals surface area contributed by atoms with Crippen LogP contribution >= 0.6 is 0 Å². The van der Waals surface area contributed by atoms with E-state index in [1.165, 1.54) is 0 Å². The lowest BCUT2D eigenvalue weighted by molar-refractivity contribution is -0.180. The Morgan fingerprint density at radius 3 is 2.16 bits per heavy atom. The summed E-state index contributed by atoms with van der Waals surface area (Å²) in [4.78, 5) is 0. The molecule has 1 N–H and O–H groups in total. The molecule has 0 aromatic carbocycles. The van der Waals surface area contributed by atoms with Crippen molar-refractivity contribution in [1.29, 1.82) is 0 Å². The summed E-state index contributed by atoms with van der Waals surface area (Å²) in [5.74, 6) is -0.229. The van der Waals surface area contributed by atoms with E-state index in [1.54, 1.807) is 0 Å². The lowest BCUT2D eigenvalue weighted by Crippen LogP contribution is -2.50. The van der Waals surface area contributed by atoms with Crippen LogP contribution in [0.4, 0.5) is 0 Å². The lowest BCUT2D eigenvalue weighted by Gasteiger charge is -2.40. The van der Waals surface area contributed by atoms with Crippen LogP contribution in [0.2, 0.25) is 0 Å². The summed E-state index contributed by atoms with van der Waals surface area (Å²) < 4.78 is 17.3. The van der Waals surface area contributed by atoms with Gasteiger partial charge in [0, 0.05) is 31.5 Å². The SMILES string of the molecule is CC1(C)CC(NC2CCC3(CC2)OCCO3)CCO1. The molecular formula is C15H27NO3. The molecule has 1 unspecified atom stereocenters. The van der Waals surface area contributed by atoms with Gasteiger partial charge < -0.3 is 19.5 Å². The van der Waals surface area contributed by atoms with Crippen LogP contribution in [0, 0.1) is 0 Å². The number of hydrogen-bond donors (Lipinski definition) is 1. The molecular weight excluding hydrogens is 242 g/mol. The van der Waals surface area contributed by atoms with E-state index in [9.17, 15) is 0 Å². The molecule has 0 amide bonds. The fourth-order valence-electron chi connectivity index (χ4n) is 3.72. The van der Waals surface area contributed by atoms with Crippen molar-refractivity contribution < 1.29 is 14.2 Å². The maximum absolute atomic E-state index is 5.78. The fourth-order valence-corrected chi connectivity index (χ4v) is 3.72. The van der Waals surface area contributed by atoms with Gasteiger partial charge in [0.05, 0.1) is 18.8 Å². The zero-order valence-electron chi connectivity index (χ0n) is 12.2. The number of rotatable bonds is 2. The third-order valence-electron chi connectivity index (χ3n) is 4.73. The summed E-state index contributed by atoms with van der Waals surface area (Å²) in [5, 5.41) is 3.83. The van der Waals surface area contributed by atoms with Gasteiger partial charge in [-0.25, -0.2) is 0 Å². The fraction of sp³-hybridized carbons (Fsp3) is 1.00. The van der Waals surface area contributed by atoms with Crippen LogP contribution in [-0.2, 0) is 14.2 Å². The molecule has 1 saturated carbocycles. The van der Waals surface area contributed by atoms with Crippen molar-refractivity contribution in [2.75, 3.05) is 19.8 Å². The number of nitrogens with one attached hydrogen (secondary N) is 1. The molecule has 1 aliphatic carbocycles. The lowest BCUT2D eigenvalue weighted by atomic mass is 9.87. The van der Waals surface area contributed by atoms with Crippen molar-refractivity contribution in [3.8, 4) is 0 Å². The Kier molecular flexibility index (Phi) is 3.87. The van der Waals surface area contributed by atoms with Crippen molar-refractivity contribution >= 4 is 0 Å². The van der Waals surface area contributed by atoms with Gasteiger partial charge in [0.15, 0.2) is 5.79 Å². The first-order valence-electron chi connectivity index (χ1n) is 7.75. The zero-order chi connectivity index (χ0) is 13.3. The van der Waals surface area contributed by atoms with Crippen molar-refractivity contribution in [3.05, 3.63) is 0 Å². The Morgan fingerprint density at radius 2 is 1.53 bits per heavy atom. The van der Waals surface area contributed by atoms with Crippen LogP contribution in [-0.4, -0.2) is 43.3 Å². The minimum absolute atomic E-state index is 0.0312. The molecule has 1 spiro atoms. The highest BCUT2D eigenvalue weighted by Gasteiger charge is 2.41. The van der Waals surface area contributed by atoms with Gasteiger partial charge in [0.2, 0.25) is 0 Å². The summed E-state index contributed by atoms with van der Waals surface area (Å²) in [6.07, 6.45) is 6.66. The van der Waals surface area contributed by atoms with Gasteiger partial charge in [0.25, 0.3) is 0 Å². The summed E-state index contributed by atoms with van der Waals surface area (Å²) in [5.41, 5.74) is 0.0312. The molecule has 0 aromatic heterocycles. The molecule has 110 valence electrons. The first-order chi connectivity index (χ1) is 9.07. The molecule has 2 aliphatic heterocycles. The van der Waals surface area contributed by atoms with E-state index in [2.05, 4.69) is 19.2 Å². The van der Waals surface area contributed by atoms with Gasteiger partial charge in [-0.3, -0.25) is 0 Å². The van der Waals surface area contributed by atoms with E-state index in [-0.39, 0.29) is 11.4 Å². The Bertz CT molecular complexity index is 303. The van der Waals surface area contributed by atoms with E-state index in [4.69, 9.17) is 14.2 Å². The second-order valence-corrected chi connectivity index (χ2v) is 6.85. The first-order valence-corrected chi connectivity index (χ1v) is 7.75. The molecule has 4 nitrogen and oxygen atoms in total. The molecule has 1 atom stereocenters. The van der Waals surface area contributed by atoms with E-state index in [0.29, 0.717) is 12.1 Å². The predicted molar refractivity (Wildman–Crippen MR) is 73.1 cm³/mol. The molecule has 2 saturated heterocycles. The highest BCUT2D eigenvalue weighted by atomic mass is 16.7. The molecule has 2 heterocycles. The van der Waals surface area contributed by atoms with Gasteiger partial charge in [-0.1, -0.05) is 0 Å². The van der Waals surface area contributed by atoms with Gasteiger partial charge in [-0.2, -0.15) is 0 Å². The van der Waals surface area contributed by atoms with E-state index < -0.39 is 0 Å². The molecule has 0 aromatic rings. The van der Waals surface area contributed by atoms with Gasteiger partial charge in [0.1, 0.15) is 0 Å². The van der Waals surface area contributed by atoms with Gasteiger partial charge >= 0.3 is 0 Å². The molecule has 3 rings (SSSR count). The van der Waals surface area contributed by atoms with E-state index in [1.807, 2.05) is 0 Å². The van der Waals surface area contributed by atoms with Crippen molar-refractivity contribution in [1.82, 2.24) is 5.32 Å². The molecule has 19 heavy (non-hydrogen) atoms. The van der Waals surface area contributed by atoms with Gasteiger partial charge in [-0.05, 0) is 39.5 Å². The zero-order valence-corrected chi connectivity index (χ0v) is 12.2. The molecule has 0 radical (unpaired) electrons. The highest BCUT2D eigenvalue weighted by Crippen LogP contribution is 2.36. The second-order valence-electron chi connectivity index (χ2n) is 6.85. The van der Waals surface area contributed by atoms with Crippen molar-refractivity contribution in [3.63, 3.8) is 0 Å².